The van der Waals surface area contributed by atoms with Crippen LogP contribution in [0, 0.1) is 5.82 Å². The molecule has 0 atom stereocenters. The summed E-state index contributed by atoms with van der Waals surface area (Å²) in [7, 11) is 1.56. The summed E-state index contributed by atoms with van der Waals surface area (Å²) in [4.78, 5) is 24.3. The van der Waals surface area contributed by atoms with Crippen molar-refractivity contribution in [1.29, 1.82) is 0 Å². The zero-order chi connectivity index (χ0) is 23.6. The highest BCUT2D eigenvalue weighted by Gasteiger charge is 2.15. The standard InChI is InChI=1S/C25H23FN2O5/c1-3-4-15-32-24(29)17-5-10-21(11-6-17)33-25(30)22-14-9-19(16-23(22)26)28-27-18-7-12-20(31-2)13-8-18/h5-14,16H,3-4,15H2,1-2H3. The van der Waals surface area contributed by atoms with Crippen molar-refractivity contribution in [3.05, 3.63) is 83.7 Å². The topological polar surface area (TPSA) is 86.6 Å². The van der Waals surface area contributed by atoms with Crippen LogP contribution < -0.4 is 9.47 Å². The van der Waals surface area contributed by atoms with Crippen molar-refractivity contribution in [2.75, 3.05) is 13.7 Å². The van der Waals surface area contributed by atoms with Gasteiger partial charge in [0, 0.05) is 6.07 Å². The van der Waals surface area contributed by atoms with Crippen LogP contribution in [0.1, 0.15) is 40.5 Å². The Morgan fingerprint density at radius 2 is 1.48 bits per heavy atom. The molecule has 0 aliphatic heterocycles. The summed E-state index contributed by atoms with van der Waals surface area (Å²) in [6, 6.07) is 16.6. The molecular weight excluding hydrogens is 427 g/mol. The van der Waals surface area contributed by atoms with Crippen molar-refractivity contribution >= 4 is 23.3 Å². The van der Waals surface area contributed by atoms with E-state index >= 15 is 0 Å². The molecule has 0 saturated carbocycles. The molecule has 0 bridgehead atoms. The fourth-order valence-electron chi connectivity index (χ4n) is 2.71. The van der Waals surface area contributed by atoms with Gasteiger partial charge in [0.1, 0.15) is 17.3 Å². The van der Waals surface area contributed by atoms with Crippen molar-refractivity contribution in [1.82, 2.24) is 0 Å². The lowest BCUT2D eigenvalue weighted by atomic mass is 10.2. The molecular formula is C25H23FN2O5. The summed E-state index contributed by atoms with van der Waals surface area (Å²) < 4.78 is 29.9. The van der Waals surface area contributed by atoms with Crippen LogP contribution in [0.15, 0.2) is 77.0 Å². The van der Waals surface area contributed by atoms with Gasteiger partial charge in [0.25, 0.3) is 0 Å². The van der Waals surface area contributed by atoms with Crippen molar-refractivity contribution < 1.29 is 28.2 Å². The van der Waals surface area contributed by atoms with E-state index < -0.39 is 17.8 Å². The van der Waals surface area contributed by atoms with Gasteiger partial charge in [0.15, 0.2) is 0 Å². The highest BCUT2D eigenvalue weighted by atomic mass is 19.1. The number of hydrogen-bond donors (Lipinski definition) is 0. The largest absolute Gasteiger partial charge is 0.497 e. The molecule has 0 aromatic heterocycles. The Bertz CT molecular complexity index is 1130. The second-order valence-corrected chi connectivity index (χ2v) is 6.97. The number of nitrogens with zero attached hydrogens (tertiary/aromatic N) is 2. The number of methoxy groups -OCH3 is 1. The van der Waals surface area contributed by atoms with E-state index in [9.17, 15) is 14.0 Å². The summed E-state index contributed by atoms with van der Waals surface area (Å²) in [5.74, 6) is -1.25. The van der Waals surface area contributed by atoms with Gasteiger partial charge in [-0.15, -0.1) is 0 Å². The number of azo groups is 1. The van der Waals surface area contributed by atoms with Crippen LogP contribution in [0.25, 0.3) is 0 Å². The number of halogens is 1. The summed E-state index contributed by atoms with van der Waals surface area (Å²) in [6.07, 6.45) is 1.71. The SMILES string of the molecule is CCCCOC(=O)c1ccc(OC(=O)c2ccc(N=Nc3ccc(OC)cc3)cc2F)cc1. The molecule has 3 rings (SSSR count). The molecule has 0 amide bonds. The average molecular weight is 450 g/mol. The number of esters is 2. The highest BCUT2D eigenvalue weighted by molar-refractivity contribution is 5.92. The van der Waals surface area contributed by atoms with Crippen molar-refractivity contribution in [3.8, 4) is 11.5 Å². The van der Waals surface area contributed by atoms with Gasteiger partial charge in [0.05, 0.1) is 36.2 Å². The van der Waals surface area contributed by atoms with Crippen LogP contribution in [-0.4, -0.2) is 25.7 Å². The first-order valence-electron chi connectivity index (χ1n) is 10.3. The molecule has 170 valence electrons. The first kappa shape index (κ1) is 23.6. The van der Waals surface area contributed by atoms with E-state index in [4.69, 9.17) is 14.2 Å². The summed E-state index contributed by atoms with van der Waals surface area (Å²) in [5, 5.41) is 8.01. The molecule has 3 aromatic rings. The predicted octanol–water partition coefficient (Wildman–Crippen LogP) is 6.43. The van der Waals surface area contributed by atoms with Gasteiger partial charge < -0.3 is 14.2 Å². The normalized spacial score (nSPS) is 10.8. The fraction of sp³-hybridized carbons (Fsp3) is 0.200. The zero-order valence-electron chi connectivity index (χ0n) is 18.3. The number of carbonyl (C=O) groups excluding carboxylic acids is 2. The molecule has 0 saturated heterocycles. The van der Waals surface area contributed by atoms with Crippen LogP contribution in [0.5, 0.6) is 11.5 Å². The monoisotopic (exact) mass is 450 g/mol. The van der Waals surface area contributed by atoms with Crippen LogP contribution in [0.4, 0.5) is 15.8 Å². The Kier molecular flexibility index (Phi) is 8.24. The van der Waals surface area contributed by atoms with E-state index in [1.165, 1.54) is 36.4 Å². The lowest BCUT2D eigenvalue weighted by molar-refractivity contribution is 0.0499. The number of rotatable bonds is 9. The molecule has 0 aliphatic carbocycles. The van der Waals surface area contributed by atoms with Crippen molar-refractivity contribution in [3.63, 3.8) is 0 Å². The third-order valence-electron chi connectivity index (χ3n) is 4.56. The van der Waals surface area contributed by atoms with E-state index in [-0.39, 0.29) is 17.0 Å². The van der Waals surface area contributed by atoms with E-state index in [1.54, 1.807) is 31.4 Å². The molecule has 33 heavy (non-hydrogen) atoms. The lowest BCUT2D eigenvalue weighted by Crippen LogP contribution is -2.11. The van der Waals surface area contributed by atoms with Crippen LogP contribution >= 0.6 is 0 Å². The third-order valence-corrected chi connectivity index (χ3v) is 4.56. The van der Waals surface area contributed by atoms with Crippen LogP contribution in [-0.2, 0) is 4.74 Å². The molecule has 0 unspecified atom stereocenters. The average Bonchev–Trinajstić information content (AvgIpc) is 2.83. The minimum Gasteiger partial charge on any atom is -0.497 e. The molecule has 0 radical (unpaired) electrons. The van der Waals surface area contributed by atoms with Gasteiger partial charge in [-0.3, -0.25) is 0 Å². The Labute approximate surface area is 190 Å². The predicted molar refractivity (Wildman–Crippen MR) is 120 cm³/mol. The van der Waals surface area contributed by atoms with Gasteiger partial charge in [-0.25, -0.2) is 14.0 Å². The summed E-state index contributed by atoms with van der Waals surface area (Å²) >= 11 is 0. The molecule has 0 N–H and O–H groups in total. The second kappa shape index (κ2) is 11.5. The van der Waals surface area contributed by atoms with Crippen LogP contribution in [0.3, 0.4) is 0 Å². The van der Waals surface area contributed by atoms with Gasteiger partial charge in [0.2, 0.25) is 0 Å². The Balaban J connectivity index is 1.61. The smallest absolute Gasteiger partial charge is 0.346 e. The van der Waals surface area contributed by atoms with E-state index in [2.05, 4.69) is 10.2 Å². The highest BCUT2D eigenvalue weighted by Crippen LogP contribution is 2.23. The van der Waals surface area contributed by atoms with Crippen molar-refractivity contribution in [2.45, 2.75) is 19.8 Å². The summed E-state index contributed by atoms with van der Waals surface area (Å²) in [5.41, 5.74) is 0.897. The minimum absolute atomic E-state index is 0.174. The molecule has 3 aromatic carbocycles. The number of ether oxygens (including phenoxy) is 3. The second-order valence-electron chi connectivity index (χ2n) is 6.97. The minimum atomic E-state index is -0.871. The molecule has 8 heteroatoms. The first-order valence-corrected chi connectivity index (χ1v) is 10.3. The molecule has 7 nitrogen and oxygen atoms in total. The van der Waals surface area contributed by atoms with Gasteiger partial charge in [-0.2, -0.15) is 10.2 Å². The molecule has 0 spiro atoms. The van der Waals surface area contributed by atoms with Crippen LogP contribution in [0.2, 0.25) is 0 Å². The first-order chi connectivity index (χ1) is 16.0. The summed E-state index contributed by atoms with van der Waals surface area (Å²) in [6.45, 7) is 2.35. The Hall–Kier alpha value is -4.07. The molecule has 0 fully saturated rings. The maximum absolute atomic E-state index is 14.5. The van der Waals surface area contributed by atoms with Gasteiger partial charge in [-0.05, 0) is 67.1 Å². The van der Waals surface area contributed by atoms with E-state index in [1.807, 2.05) is 6.92 Å². The molecule has 0 aliphatic rings. The number of carbonyl (C=O) groups is 2. The Morgan fingerprint density at radius 3 is 2.12 bits per heavy atom. The maximum atomic E-state index is 14.5. The number of hydrogen-bond acceptors (Lipinski definition) is 7. The van der Waals surface area contributed by atoms with E-state index in [0.717, 1.165) is 18.9 Å². The fourth-order valence-corrected chi connectivity index (χ4v) is 2.71. The zero-order valence-corrected chi connectivity index (χ0v) is 18.3. The Morgan fingerprint density at radius 1 is 0.848 bits per heavy atom. The maximum Gasteiger partial charge on any atom is 0.346 e. The lowest BCUT2D eigenvalue weighted by Gasteiger charge is -2.07. The van der Waals surface area contributed by atoms with Gasteiger partial charge in [-0.1, -0.05) is 13.3 Å². The quantitative estimate of drug-likeness (QED) is 0.162. The molecule has 0 heterocycles. The van der Waals surface area contributed by atoms with Gasteiger partial charge >= 0.3 is 11.9 Å². The number of benzene rings is 3. The van der Waals surface area contributed by atoms with E-state index in [0.29, 0.717) is 23.6 Å². The number of unbranched alkanes of at least 4 members (excludes halogenated alkanes) is 1. The third kappa shape index (κ3) is 6.70. The van der Waals surface area contributed by atoms with Crippen molar-refractivity contribution in [2.24, 2.45) is 10.2 Å².